The van der Waals surface area contributed by atoms with Gasteiger partial charge in [0.15, 0.2) is 5.96 Å². The molecule has 0 amide bonds. The molecule has 0 aliphatic rings. The average Bonchev–Trinajstić information content (AvgIpc) is 3.20. The van der Waals surface area contributed by atoms with E-state index >= 15 is 0 Å². The summed E-state index contributed by atoms with van der Waals surface area (Å²) in [5.41, 5.74) is 2.06. The quantitative estimate of drug-likeness (QED) is 0.308. The van der Waals surface area contributed by atoms with E-state index in [2.05, 4.69) is 45.6 Å². The first kappa shape index (κ1) is 20.6. The van der Waals surface area contributed by atoms with Crippen molar-refractivity contribution < 1.29 is 0 Å². The molecule has 0 bridgehead atoms. The van der Waals surface area contributed by atoms with E-state index in [9.17, 15) is 0 Å². The summed E-state index contributed by atoms with van der Waals surface area (Å²) in [6.07, 6.45) is 7.75. The van der Waals surface area contributed by atoms with Gasteiger partial charge >= 0.3 is 0 Å². The fraction of sp³-hybridized carbons (Fsp3) is 0.389. The van der Waals surface area contributed by atoms with E-state index < -0.39 is 0 Å². The molecule has 3 rings (SSSR count). The number of hydrogen-bond acceptors (Lipinski definition) is 4. The number of thiazole rings is 1. The number of fused-ring (bicyclic) bond motifs is 1. The van der Waals surface area contributed by atoms with Gasteiger partial charge in [0.25, 0.3) is 0 Å². The van der Waals surface area contributed by atoms with Crippen molar-refractivity contribution in [3.63, 3.8) is 0 Å². The Morgan fingerprint density at radius 2 is 2.15 bits per heavy atom. The van der Waals surface area contributed by atoms with Crippen LogP contribution in [0, 0.1) is 6.92 Å². The maximum atomic E-state index is 4.63. The Hall–Kier alpha value is -1.68. The molecule has 0 aromatic carbocycles. The van der Waals surface area contributed by atoms with Gasteiger partial charge in [0, 0.05) is 55.9 Å². The molecule has 0 saturated heterocycles. The second kappa shape index (κ2) is 10.5. The Morgan fingerprint density at radius 1 is 1.27 bits per heavy atom. The molecule has 3 aromatic rings. The highest BCUT2D eigenvalue weighted by Crippen LogP contribution is 2.11. The largest absolute Gasteiger partial charge is 0.357 e. The number of nitrogens with zero attached hydrogens (tertiary/aromatic N) is 4. The lowest BCUT2D eigenvalue weighted by atomic mass is 10.3. The van der Waals surface area contributed by atoms with Crippen LogP contribution >= 0.6 is 35.3 Å². The molecule has 0 spiro atoms. The van der Waals surface area contributed by atoms with Gasteiger partial charge in [0.05, 0.1) is 10.7 Å². The molecule has 0 saturated carbocycles. The fourth-order valence-electron chi connectivity index (χ4n) is 2.54. The molecule has 140 valence electrons. The second-order valence-electron chi connectivity index (χ2n) is 5.75. The summed E-state index contributed by atoms with van der Waals surface area (Å²) in [4.78, 5) is 14.9. The summed E-state index contributed by atoms with van der Waals surface area (Å²) >= 11 is 1.74. The van der Waals surface area contributed by atoms with Crippen LogP contribution in [0.4, 0.5) is 0 Å². The van der Waals surface area contributed by atoms with E-state index in [0.717, 1.165) is 54.8 Å². The molecule has 0 atom stereocenters. The van der Waals surface area contributed by atoms with Crippen LogP contribution in [0.1, 0.15) is 22.5 Å². The zero-order valence-corrected chi connectivity index (χ0v) is 18.3. The summed E-state index contributed by atoms with van der Waals surface area (Å²) < 4.78 is 2.05. The zero-order valence-electron chi connectivity index (χ0n) is 15.1. The first-order chi connectivity index (χ1) is 12.2. The van der Waals surface area contributed by atoms with Crippen molar-refractivity contribution >= 4 is 46.9 Å². The van der Waals surface area contributed by atoms with Crippen LogP contribution in [-0.4, -0.2) is 40.0 Å². The maximum absolute atomic E-state index is 4.63. The van der Waals surface area contributed by atoms with Crippen LogP contribution in [0.2, 0.25) is 0 Å². The Labute approximate surface area is 175 Å². The number of guanidine groups is 1. The Balaban J connectivity index is 0.00000243. The molecule has 0 unspecified atom stereocenters. The number of pyridine rings is 1. The predicted octanol–water partition coefficient (Wildman–Crippen LogP) is 3.06. The topological polar surface area (TPSA) is 66.6 Å². The third-order valence-electron chi connectivity index (χ3n) is 3.70. The molecule has 26 heavy (non-hydrogen) atoms. The van der Waals surface area contributed by atoms with Crippen LogP contribution in [0.25, 0.3) is 5.65 Å². The lowest BCUT2D eigenvalue weighted by Gasteiger charge is -2.10. The number of nitrogens with one attached hydrogen (secondary N) is 2. The van der Waals surface area contributed by atoms with Crippen molar-refractivity contribution in [2.75, 3.05) is 19.6 Å². The first-order valence-electron chi connectivity index (χ1n) is 8.60. The van der Waals surface area contributed by atoms with E-state index in [0.29, 0.717) is 0 Å². The Kier molecular flexibility index (Phi) is 8.30. The highest BCUT2D eigenvalue weighted by atomic mass is 127. The van der Waals surface area contributed by atoms with Crippen molar-refractivity contribution in [1.82, 2.24) is 25.0 Å². The number of rotatable bonds is 7. The van der Waals surface area contributed by atoms with Crippen LogP contribution in [0.3, 0.4) is 0 Å². The minimum atomic E-state index is 0. The Morgan fingerprint density at radius 3 is 2.88 bits per heavy atom. The van der Waals surface area contributed by atoms with Crippen molar-refractivity contribution in [1.29, 1.82) is 0 Å². The Bertz CT molecular complexity index is 808. The van der Waals surface area contributed by atoms with Crippen LogP contribution < -0.4 is 10.6 Å². The molecule has 3 aromatic heterocycles. The standard InChI is InChI=1S/C18H24N6S.HI/c1-3-19-18(21-10-8-17-22-12-14(2)25-17)20-9-7-15-13-24-11-5-4-6-16(24)23-15;/h4-6,11-13H,3,7-10H2,1-2H3,(H2,19,20,21);1H. The minimum absolute atomic E-state index is 0. The lowest BCUT2D eigenvalue weighted by Crippen LogP contribution is -2.38. The summed E-state index contributed by atoms with van der Waals surface area (Å²) in [7, 11) is 0. The average molecular weight is 484 g/mol. The molecule has 0 aliphatic heterocycles. The van der Waals surface area contributed by atoms with Gasteiger partial charge in [0.1, 0.15) is 5.65 Å². The maximum Gasteiger partial charge on any atom is 0.191 e. The van der Waals surface area contributed by atoms with Gasteiger partial charge in [-0.05, 0) is 26.0 Å². The summed E-state index contributed by atoms with van der Waals surface area (Å²) in [5.74, 6) is 0.847. The smallest absolute Gasteiger partial charge is 0.191 e. The van der Waals surface area contributed by atoms with Gasteiger partial charge in [-0.2, -0.15) is 0 Å². The zero-order chi connectivity index (χ0) is 17.5. The second-order valence-corrected chi connectivity index (χ2v) is 7.07. The van der Waals surface area contributed by atoms with Gasteiger partial charge < -0.3 is 15.0 Å². The van der Waals surface area contributed by atoms with Gasteiger partial charge in [-0.1, -0.05) is 6.07 Å². The van der Waals surface area contributed by atoms with Crippen LogP contribution in [0.5, 0.6) is 0 Å². The third kappa shape index (κ3) is 5.94. The molecule has 2 N–H and O–H groups in total. The van der Waals surface area contributed by atoms with Crippen molar-refractivity contribution in [2.45, 2.75) is 26.7 Å². The number of imidazole rings is 1. The number of halogens is 1. The van der Waals surface area contributed by atoms with Gasteiger partial charge in [-0.3, -0.25) is 4.99 Å². The fourth-order valence-corrected chi connectivity index (χ4v) is 3.31. The van der Waals surface area contributed by atoms with E-state index in [1.54, 1.807) is 11.3 Å². The van der Waals surface area contributed by atoms with Crippen molar-refractivity contribution in [3.05, 3.63) is 52.4 Å². The number of aryl methyl sites for hydroxylation is 1. The summed E-state index contributed by atoms with van der Waals surface area (Å²) in [5, 5.41) is 7.80. The normalized spacial score (nSPS) is 11.4. The molecule has 0 fully saturated rings. The molecule has 3 heterocycles. The molecule has 6 nitrogen and oxygen atoms in total. The first-order valence-corrected chi connectivity index (χ1v) is 9.42. The molecule has 8 heteroatoms. The van der Waals surface area contributed by atoms with Gasteiger partial charge in [0.2, 0.25) is 0 Å². The molecule has 0 aliphatic carbocycles. The van der Waals surface area contributed by atoms with Gasteiger partial charge in [-0.15, -0.1) is 35.3 Å². The van der Waals surface area contributed by atoms with Crippen LogP contribution in [0.15, 0.2) is 41.8 Å². The highest BCUT2D eigenvalue weighted by molar-refractivity contribution is 14.0. The van der Waals surface area contributed by atoms with E-state index in [-0.39, 0.29) is 24.0 Å². The SMILES string of the molecule is CCNC(=NCCc1ncc(C)s1)NCCc1cn2ccccc2n1.I. The lowest BCUT2D eigenvalue weighted by molar-refractivity contribution is 0.788. The number of aliphatic imine (C=N–C) groups is 1. The molecular formula is C18H25IN6S. The molecule has 0 radical (unpaired) electrons. The highest BCUT2D eigenvalue weighted by Gasteiger charge is 2.03. The van der Waals surface area contributed by atoms with Crippen LogP contribution in [-0.2, 0) is 12.8 Å². The van der Waals surface area contributed by atoms with Crippen molar-refractivity contribution in [3.8, 4) is 0 Å². The number of hydrogen-bond donors (Lipinski definition) is 2. The van der Waals surface area contributed by atoms with E-state index in [1.807, 2.05) is 35.0 Å². The van der Waals surface area contributed by atoms with Gasteiger partial charge in [-0.25, -0.2) is 9.97 Å². The molecular weight excluding hydrogens is 459 g/mol. The van der Waals surface area contributed by atoms with Crippen molar-refractivity contribution in [2.24, 2.45) is 4.99 Å². The monoisotopic (exact) mass is 484 g/mol. The minimum Gasteiger partial charge on any atom is -0.357 e. The predicted molar refractivity (Wildman–Crippen MR) is 119 cm³/mol. The summed E-state index contributed by atoms with van der Waals surface area (Å²) in [6.45, 7) is 6.53. The summed E-state index contributed by atoms with van der Waals surface area (Å²) in [6, 6.07) is 6.03. The number of aromatic nitrogens is 3. The van der Waals surface area contributed by atoms with E-state index in [1.165, 1.54) is 4.88 Å². The third-order valence-corrected chi connectivity index (χ3v) is 4.67. The van der Waals surface area contributed by atoms with E-state index in [4.69, 9.17) is 0 Å².